The molecule has 2 rings (SSSR count). The summed E-state index contributed by atoms with van der Waals surface area (Å²) < 4.78 is 22.6. The minimum absolute atomic E-state index is 0.256. The van der Waals surface area contributed by atoms with Crippen molar-refractivity contribution in [2.75, 3.05) is 19.8 Å². The number of nitrogens with one attached hydrogen (secondary N) is 1. The fourth-order valence-corrected chi connectivity index (χ4v) is 7.54. The normalized spacial score (nSPS) is 28.7. The SMILES string of the molecule is CCCCCCCCCCCCC/C=C/CC/C=C/C(O)C(COC1OC(CO)C(OC2OC(CO)C(O)C(O)C2O)C(O)C1O)NC(=O)CCCCCCCCCC. The van der Waals surface area contributed by atoms with E-state index < -0.39 is 86.8 Å². The summed E-state index contributed by atoms with van der Waals surface area (Å²) in [5.41, 5.74) is 0. The molecule has 346 valence electrons. The molecule has 0 aromatic rings. The molecule has 0 radical (unpaired) electrons. The lowest BCUT2D eigenvalue weighted by molar-refractivity contribution is -0.359. The van der Waals surface area contributed by atoms with E-state index in [1.54, 1.807) is 6.08 Å². The highest BCUT2D eigenvalue weighted by Gasteiger charge is 2.50. The molecule has 59 heavy (non-hydrogen) atoms. The third-order valence-corrected chi connectivity index (χ3v) is 11.4. The number of unbranched alkanes of at least 4 members (excludes halogenated alkanes) is 19. The van der Waals surface area contributed by atoms with Crippen LogP contribution in [0.25, 0.3) is 0 Å². The Kier molecular flexibility index (Phi) is 30.1. The summed E-state index contributed by atoms with van der Waals surface area (Å²) in [6.45, 7) is 2.71. The van der Waals surface area contributed by atoms with Crippen molar-refractivity contribution in [2.45, 2.75) is 235 Å². The Labute approximate surface area is 354 Å². The van der Waals surface area contributed by atoms with Crippen LogP contribution in [0.2, 0.25) is 0 Å². The van der Waals surface area contributed by atoms with Crippen LogP contribution in [0.5, 0.6) is 0 Å². The quantitative estimate of drug-likeness (QED) is 0.0319. The van der Waals surface area contributed by atoms with Gasteiger partial charge in [0.15, 0.2) is 12.6 Å². The second-order valence-corrected chi connectivity index (χ2v) is 16.5. The van der Waals surface area contributed by atoms with Crippen LogP contribution < -0.4 is 5.32 Å². The number of rotatable bonds is 34. The van der Waals surface area contributed by atoms with Crippen molar-refractivity contribution in [3.8, 4) is 0 Å². The van der Waals surface area contributed by atoms with Crippen molar-refractivity contribution in [3.05, 3.63) is 24.3 Å². The molecule has 2 aliphatic rings. The Bertz CT molecular complexity index is 1090. The van der Waals surface area contributed by atoms with Crippen molar-refractivity contribution in [2.24, 2.45) is 0 Å². The van der Waals surface area contributed by atoms with Gasteiger partial charge in [-0.3, -0.25) is 4.79 Å². The van der Waals surface area contributed by atoms with Crippen LogP contribution in [0.1, 0.15) is 162 Å². The monoisotopic (exact) mass is 846 g/mol. The Morgan fingerprint density at radius 2 is 1.08 bits per heavy atom. The molecule has 0 saturated carbocycles. The number of hydrogen-bond acceptors (Lipinski definition) is 13. The molecule has 0 bridgehead atoms. The molecular formula is C45H83NO13. The molecule has 0 aliphatic carbocycles. The summed E-state index contributed by atoms with van der Waals surface area (Å²) in [5.74, 6) is -0.256. The predicted octanol–water partition coefficient (Wildman–Crippen LogP) is 4.60. The maximum absolute atomic E-state index is 13.0. The van der Waals surface area contributed by atoms with Gasteiger partial charge in [0.2, 0.25) is 5.91 Å². The van der Waals surface area contributed by atoms with Crippen LogP contribution in [-0.2, 0) is 23.7 Å². The summed E-state index contributed by atoms with van der Waals surface area (Å²) in [6, 6.07) is -0.923. The molecule has 2 fully saturated rings. The lowest BCUT2D eigenvalue weighted by atomic mass is 9.97. The van der Waals surface area contributed by atoms with Crippen molar-refractivity contribution < 1.29 is 64.6 Å². The number of carbonyl (C=O) groups excluding carboxylic acids is 1. The molecule has 0 aromatic heterocycles. The molecule has 14 heteroatoms. The van der Waals surface area contributed by atoms with Gasteiger partial charge in [-0.25, -0.2) is 0 Å². The van der Waals surface area contributed by atoms with E-state index in [1.807, 2.05) is 6.08 Å². The van der Waals surface area contributed by atoms with Crippen LogP contribution >= 0.6 is 0 Å². The van der Waals surface area contributed by atoms with E-state index in [-0.39, 0.29) is 18.9 Å². The topological polar surface area (TPSA) is 228 Å². The van der Waals surface area contributed by atoms with Crippen molar-refractivity contribution in [1.29, 1.82) is 0 Å². The zero-order valence-corrected chi connectivity index (χ0v) is 36.2. The molecule has 1 amide bonds. The molecule has 0 aromatic carbocycles. The second-order valence-electron chi connectivity index (χ2n) is 16.5. The van der Waals surface area contributed by atoms with Crippen molar-refractivity contribution in [1.82, 2.24) is 5.32 Å². The van der Waals surface area contributed by atoms with Gasteiger partial charge in [-0.15, -0.1) is 0 Å². The number of amides is 1. The average molecular weight is 846 g/mol. The predicted molar refractivity (Wildman–Crippen MR) is 226 cm³/mol. The van der Waals surface area contributed by atoms with E-state index in [9.17, 15) is 45.6 Å². The standard InChI is InChI=1S/C45H83NO13/c1-3-5-7-9-11-13-14-15-16-17-18-19-20-21-22-24-26-28-34(49)33(46-37(50)29-27-25-23-12-10-8-6-4-2)32-56-44-42(55)40(53)43(36(31-48)58-44)59-45-41(54)39(52)38(51)35(30-47)57-45/h20-21,26,28,33-36,38-45,47-49,51-55H,3-19,22-25,27,29-32H2,1-2H3,(H,46,50)/b21-20+,28-26+. The van der Waals surface area contributed by atoms with Gasteiger partial charge in [0.1, 0.15) is 48.8 Å². The number of ether oxygens (including phenoxy) is 4. The maximum Gasteiger partial charge on any atom is 0.220 e. The molecular weight excluding hydrogens is 762 g/mol. The molecule has 2 heterocycles. The molecule has 12 unspecified atom stereocenters. The lowest BCUT2D eigenvalue weighted by Crippen LogP contribution is -2.65. The number of allylic oxidation sites excluding steroid dienone is 3. The second kappa shape index (κ2) is 33.1. The van der Waals surface area contributed by atoms with Gasteiger partial charge in [0.05, 0.1) is 32.0 Å². The van der Waals surface area contributed by atoms with E-state index in [2.05, 4.69) is 31.3 Å². The van der Waals surface area contributed by atoms with Crippen molar-refractivity contribution >= 4 is 5.91 Å². The fourth-order valence-electron chi connectivity index (χ4n) is 7.54. The largest absolute Gasteiger partial charge is 0.394 e. The zero-order chi connectivity index (χ0) is 43.3. The van der Waals surface area contributed by atoms with Gasteiger partial charge < -0.3 is 65.1 Å². The van der Waals surface area contributed by atoms with Crippen LogP contribution in [0.3, 0.4) is 0 Å². The summed E-state index contributed by atoms with van der Waals surface area (Å²) >= 11 is 0. The Morgan fingerprint density at radius 3 is 1.66 bits per heavy atom. The van der Waals surface area contributed by atoms with Gasteiger partial charge in [0, 0.05) is 6.42 Å². The van der Waals surface area contributed by atoms with E-state index >= 15 is 0 Å². The Balaban J connectivity index is 1.89. The van der Waals surface area contributed by atoms with Gasteiger partial charge in [-0.2, -0.15) is 0 Å². The van der Waals surface area contributed by atoms with Crippen LogP contribution in [0, 0.1) is 0 Å². The van der Waals surface area contributed by atoms with E-state index in [0.717, 1.165) is 32.1 Å². The molecule has 0 spiro atoms. The third-order valence-electron chi connectivity index (χ3n) is 11.4. The molecule has 9 N–H and O–H groups in total. The van der Waals surface area contributed by atoms with Crippen LogP contribution in [0.15, 0.2) is 24.3 Å². The molecule has 2 saturated heterocycles. The molecule has 12 atom stereocenters. The first-order chi connectivity index (χ1) is 28.6. The Morgan fingerprint density at radius 1 is 0.593 bits per heavy atom. The highest BCUT2D eigenvalue weighted by atomic mass is 16.7. The summed E-state index contributed by atoms with van der Waals surface area (Å²) in [7, 11) is 0. The van der Waals surface area contributed by atoms with Gasteiger partial charge in [-0.05, 0) is 32.1 Å². The number of aliphatic hydroxyl groups is 8. The van der Waals surface area contributed by atoms with E-state index in [1.165, 1.54) is 96.3 Å². The van der Waals surface area contributed by atoms with Gasteiger partial charge in [0.25, 0.3) is 0 Å². The summed E-state index contributed by atoms with van der Waals surface area (Å²) in [4.78, 5) is 13.0. The summed E-state index contributed by atoms with van der Waals surface area (Å²) in [6.07, 6.45) is 16.8. The minimum atomic E-state index is -1.79. The van der Waals surface area contributed by atoms with Gasteiger partial charge >= 0.3 is 0 Å². The molecule has 2 aliphatic heterocycles. The summed E-state index contributed by atoms with van der Waals surface area (Å²) in [5, 5.41) is 86.3. The van der Waals surface area contributed by atoms with Crippen LogP contribution in [0.4, 0.5) is 0 Å². The number of carbonyl (C=O) groups is 1. The highest BCUT2D eigenvalue weighted by molar-refractivity contribution is 5.76. The maximum atomic E-state index is 13.0. The number of hydrogen-bond donors (Lipinski definition) is 9. The molecule has 14 nitrogen and oxygen atoms in total. The fraction of sp³-hybridized carbons (Fsp3) is 0.889. The van der Waals surface area contributed by atoms with E-state index in [0.29, 0.717) is 12.8 Å². The van der Waals surface area contributed by atoms with Crippen molar-refractivity contribution in [3.63, 3.8) is 0 Å². The zero-order valence-electron chi connectivity index (χ0n) is 36.2. The smallest absolute Gasteiger partial charge is 0.220 e. The average Bonchev–Trinajstić information content (AvgIpc) is 3.23. The highest BCUT2D eigenvalue weighted by Crippen LogP contribution is 2.30. The third kappa shape index (κ3) is 21.4. The first kappa shape index (κ1) is 53.6. The minimum Gasteiger partial charge on any atom is -0.394 e. The number of aliphatic hydroxyl groups excluding tert-OH is 8. The Hall–Kier alpha value is -1.53. The van der Waals surface area contributed by atoms with Gasteiger partial charge in [-0.1, -0.05) is 147 Å². The first-order valence-corrected chi connectivity index (χ1v) is 23.1. The first-order valence-electron chi connectivity index (χ1n) is 23.1. The lowest BCUT2D eigenvalue weighted by Gasteiger charge is -2.46. The van der Waals surface area contributed by atoms with E-state index in [4.69, 9.17) is 18.9 Å². The van der Waals surface area contributed by atoms with Crippen LogP contribution in [-0.4, -0.2) is 140 Å².